The number of rotatable bonds is 7. The van der Waals surface area contributed by atoms with Gasteiger partial charge >= 0.3 is 0 Å². The van der Waals surface area contributed by atoms with E-state index >= 15 is 0 Å². The molecule has 0 saturated carbocycles. The van der Waals surface area contributed by atoms with Crippen molar-refractivity contribution in [3.8, 4) is 0 Å². The summed E-state index contributed by atoms with van der Waals surface area (Å²) < 4.78 is 0. The van der Waals surface area contributed by atoms with Gasteiger partial charge in [0.1, 0.15) is 0 Å². The van der Waals surface area contributed by atoms with Gasteiger partial charge in [0.2, 0.25) is 0 Å². The van der Waals surface area contributed by atoms with Gasteiger partial charge in [-0.2, -0.15) is 0 Å². The lowest BCUT2D eigenvalue weighted by molar-refractivity contribution is 0.435. The lowest BCUT2D eigenvalue weighted by Gasteiger charge is -2.15. The van der Waals surface area contributed by atoms with E-state index < -0.39 is 0 Å². The molecule has 90 valence electrons. The second kappa shape index (κ2) is 8.03. The smallest absolute Gasteiger partial charge is 0.0252 e. The Labute approximate surface area is 109 Å². The Morgan fingerprint density at radius 1 is 1.19 bits per heavy atom. The minimum Gasteiger partial charge on any atom is -0.126 e. The molecule has 0 amide bonds. The Morgan fingerprint density at radius 2 is 1.88 bits per heavy atom. The van der Waals surface area contributed by atoms with E-state index in [0.29, 0.717) is 5.92 Å². The molecule has 0 aliphatic carbocycles. The van der Waals surface area contributed by atoms with Crippen molar-refractivity contribution in [3.63, 3.8) is 0 Å². The highest BCUT2D eigenvalue weighted by Gasteiger charge is 2.09. The van der Waals surface area contributed by atoms with E-state index in [0.717, 1.165) is 11.8 Å². The first kappa shape index (κ1) is 13.9. The first-order chi connectivity index (χ1) is 7.72. The van der Waals surface area contributed by atoms with Crippen LogP contribution in [0, 0.1) is 11.8 Å². The van der Waals surface area contributed by atoms with Gasteiger partial charge in [0.25, 0.3) is 0 Å². The molecule has 0 spiro atoms. The molecule has 1 rings (SSSR count). The predicted molar refractivity (Wildman–Crippen MR) is 75.4 cm³/mol. The Balaban J connectivity index is 2.23. The van der Waals surface area contributed by atoms with Crippen molar-refractivity contribution in [2.24, 2.45) is 11.8 Å². The predicted octanol–water partition coefficient (Wildman–Crippen LogP) is 5.07. The van der Waals surface area contributed by atoms with Crippen LogP contribution in [0.25, 0.3) is 0 Å². The zero-order valence-corrected chi connectivity index (χ0v) is 11.7. The molecule has 16 heavy (non-hydrogen) atoms. The molecular formula is C14H21ClS. The summed E-state index contributed by atoms with van der Waals surface area (Å²) in [6.07, 6.45) is 2.47. The molecule has 0 nitrogen and oxygen atoms in total. The van der Waals surface area contributed by atoms with Gasteiger partial charge in [-0.05, 0) is 42.6 Å². The number of hydrogen-bond donors (Lipinski definition) is 0. The highest BCUT2D eigenvalue weighted by atomic mass is 35.5. The van der Waals surface area contributed by atoms with Crippen molar-refractivity contribution in [3.05, 3.63) is 30.3 Å². The summed E-state index contributed by atoms with van der Waals surface area (Å²) in [5.41, 5.74) is 0. The van der Waals surface area contributed by atoms with Crippen LogP contribution >= 0.6 is 23.4 Å². The van der Waals surface area contributed by atoms with E-state index in [9.17, 15) is 0 Å². The molecule has 0 aromatic heterocycles. The van der Waals surface area contributed by atoms with Crippen molar-refractivity contribution >= 4 is 23.4 Å². The number of hydrogen-bond acceptors (Lipinski definition) is 1. The quantitative estimate of drug-likeness (QED) is 0.485. The molecule has 1 aromatic rings. The minimum atomic E-state index is 0.679. The summed E-state index contributed by atoms with van der Waals surface area (Å²) in [7, 11) is 0. The maximum atomic E-state index is 5.98. The van der Waals surface area contributed by atoms with E-state index in [1.165, 1.54) is 23.5 Å². The second-order valence-electron chi connectivity index (χ2n) is 4.60. The van der Waals surface area contributed by atoms with Crippen molar-refractivity contribution in [1.29, 1.82) is 0 Å². The van der Waals surface area contributed by atoms with Crippen molar-refractivity contribution in [1.82, 2.24) is 0 Å². The zero-order valence-electron chi connectivity index (χ0n) is 10.2. The average molecular weight is 257 g/mol. The van der Waals surface area contributed by atoms with E-state index in [-0.39, 0.29) is 0 Å². The molecule has 0 N–H and O–H groups in total. The summed E-state index contributed by atoms with van der Waals surface area (Å²) in [6, 6.07) is 10.6. The second-order valence-corrected chi connectivity index (χ2v) is 6.08. The molecule has 0 aliphatic rings. The summed E-state index contributed by atoms with van der Waals surface area (Å²) in [5.74, 6) is 3.41. The molecule has 0 aliphatic heterocycles. The summed E-state index contributed by atoms with van der Waals surface area (Å²) in [4.78, 5) is 1.36. The highest BCUT2D eigenvalue weighted by molar-refractivity contribution is 7.99. The lowest BCUT2D eigenvalue weighted by Crippen LogP contribution is -2.07. The standard InChI is InChI=1S/C14H21ClS/c1-12(2)10-13(11-15)8-9-16-14-6-4-3-5-7-14/h3-7,12-13H,8-11H2,1-2H3. The molecule has 1 atom stereocenters. The molecule has 0 fully saturated rings. The van der Waals surface area contributed by atoms with E-state index in [2.05, 4.69) is 44.2 Å². The molecule has 1 unspecified atom stereocenters. The van der Waals surface area contributed by atoms with Crippen LogP contribution in [-0.2, 0) is 0 Å². The number of alkyl halides is 1. The molecule has 1 aromatic carbocycles. The fourth-order valence-corrected chi connectivity index (χ4v) is 3.10. The molecule has 0 bridgehead atoms. The third kappa shape index (κ3) is 5.81. The van der Waals surface area contributed by atoms with Crippen molar-refractivity contribution in [2.45, 2.75) is 31.6 Å². The largest absolute Gasteiger partial charge is 0.126 e. The Morgan fingerprint density at radius 3 is 2.44 bits per heavy atom. The maximum absolute atomic E-state index is 5.98. The van der Waals surface area contributed by atoms with Gasteiger partial charge in [-0.15, -0.1) is 23.4 Å². The summed E-state index contributed by atoms with van der Waals surface area (Å²) in [5, 5.41) is 0. The van der Waals surface area contributed by atoms with Crippen LogP contribution in [0.4, 0.5) is 0 Å². The topological polar surface area (TPSA) is 0 Å². The normalized spacial score (nSPS) is 13.0. The summed E-state index contributed by atoms with van der Waals surface area (Å²) in [6.45, 7) is 4.54. The third-order valence-electron chi connectivity index (χ3n) is 2.56. The fourth-order valence-electron chi connectivity index (χ4n) is 1.78. The van der Waals surface area contributed by atoms with Gasteiger partial charge < -0.3 is 0 Å². The molecule has 0 radical (unpaired) electrons. The Kier molecular flexibility index (Phi) is 6.98. The average Bonchev–Trinajstić information content (AvgIpc) is 2.28. The SMILES string of the molecule is CC(C)CC(CCl)CCSc1ccccc1. The van der Waals surface area contributed by atoms with Gasteiger partial charge in [0, 0.05) is 10.8 Å². The Bertz CT molecular complexity index is 271. The van der Waals surface area contributed by atoms with Gasteiger partial charge in [-0.25, -0.2) is 0 Å². The van der Waals surface area contributed by atoms with Crippen LogP contribution in [0.15, 0.2) is 35.2 Å². The van der Waals surface area contributed by atoms with Crippen LogP contribution in [0.3, 0.4) is 0 Å². The zero-order chi connectivity index (χ0) is 11.8. The first-order valence-corrected chi connectivity index (χ1v) is 7.48. The number of halogens is 1. The van der Waals surface area contributed by atoms with Gasteiger partial charge in [0.05, 0.1) is 0 Å². The highest BCUT2D eigenvalue weighted by Crippen LogP contribution is 2.23. The summed E-state index contributed by atoms with van der Waals surface area (Å²) >= 11 is 7.92. The maximum Gasteiger partial charge on any atom is 0.0252 e. The molecule has 0 heterocycles. The molecule has 0 saturated heterocycles. The molecular weight excluding hydrogens is 236 g/mol. The van der Waals surface area contributed by atoms with Gasteiger partial charge in [-0.3, -0.25) is 0 Å². The van der Waals surface area contributed by atoms with Crippen LogP contribution in [0.1, 0.15) is 26.7 Å². The monoisotopic (exact) mass is 256 g/mol. The number of thioether (sulfide) groups is 1. The van der Waals surface area contributed by atoms with Crippen LogP contribution in [-0.4, -0.2) is 11.6 Å². The van der Waals surface area contributed by atoms with Crippen LogP contribution in [0.2, 0.25) is 0 Å². The Hall–Kier alpha value is -0.140. The van der Waals surface area contributed by atoms with E-state index in [4.69, 9.17) is 11.6 Å². The van der Waals surface area contributed by atoms with Crippen LogP contribution in [0.5, 0.6) is 0 Å². The third-order valence-corrected chi connectivity index (χ3v) is 4.04. The van der Waals surface area contributed by atoms with Crippen molar-refractivity contribution in [2.75, 3.05) is 11.6 Å². The first-order valence-electron chi connectivity index (χ1n) is 5.96. The molecule has 2 heteroatoms. The minimum absolute atomic E-state index is 0.679. The van der Waals surface area contributed by atoms with Gasteiger partial charge in [0.15, 0.2) is 0 Å². The van der Waals surface area contributed by atoms with Crippen molar-refractivity contribution < 1.29 is 0 Å². The van der Waals surface area contributed by atoms with E-state index in [1.807, 2.05) is 11.8 Å². The van der Waals surface area contributed by atoms with Gasteiger partial charge in [-0.1, -0.05) is 32.0 Å². The van der Waals surface area contributed by atoms with E-state index in [1.54, 1.807) is 0 Å². The fraction of sp³-hybridized carbons (Fsp3) is 0.571. The van der Waals surface area contributed by atoms with Crippen LogP contribution < -0.4 is 0 Å². The lowest BCUT2D eigenvalue weighted by atomic mass is 9.97. The number of benzene rings is 1.